The number of aliphatic hydroxyl groups excluding tert-OH is 3. The Balaban J connectivity index is 1.66. The molecule has 7 heteroatoms. The van der Waals surface area contributed by atoms with Crippen LogP contribution in [-0.4, -0.2) is 50.4 Å². The van der Waals surface area contributed by atoms with Gasteiger partial charge in [-0.05, 0) is 41.3 Å². The van der Waals surface area contributed by atoms with Gasteiger partial charge in [0.15, 0.2) is 0 Å². The maximum Gasteiger partial charge on any atom is 0.247 e. The van der Waals surface area contributed by atoms with E-state index in [4.69, 9.17) is 9.15 Å². The molecular weight excluding hydrogens is 384 g/mol. The van der Waals surface area contributed by atoms with Crippen LogP contribution in [0.4, 0.5) is 0 Å². The predicted molar refractivity (Wildman–Crippen MR) is 111 cm³/mol. The highest BCUT2D eigenvalue weighted by Crippen LogP contribution is 2.40. The predicted octanol–water partition coefficient (Wildman–Crippen LogP) is 2.81. The van der Waals surface area contributed by atoms with Gasteiger partial charge in [0.1, 0.15) is 12.2 Å². The van der Waals surface area contributed by atoms with Crippen molar-refractivity contribution in [3.63, 3.8) is 0 Å². The lowest BCUT2D eigenvalue weighted by molar-refractivity contribution is -0.207. The van der Waals surface area contributed by atoms with Crippen molar-refractivity contribution in [2.45, 2.75) is 45.2 Å². The molecule has 1 aromatic heterocycles. The Bertz CT molecular complexity index is 1010. The van der Waals surface area contributed by atoms with Crippen molar-refractivity contribution in [2.75, 3.05) is 6.61 Å². The minimum Gasteiger partial charge on any atom is -0.421 e. The largest absolute Gasteiger partial charge is 0.421 e. The van der Waals surface area contributed by atoms with Gasteiger partial charge in [-0.2, -0.15) is 0 Å². The summed E-state index contributed by atoms with van der Waals surface area (Å²) < 4.78 is 11.5. The third-order valence-electron chi connectivity index (χ3n) is 5.90. The van der Waals surface area contributed by atoms with Crippen molar-refractivity contribution in [3.8, 4) is 22.6 Å². The van der Waals surface area contributed by atoms with Gasteiger partial charge in [-0.25, -0.2) is 0 Å². The van der Waals surface area contributed by atoms with Crippen LogP contribution in [-0.2, 0) is 4.74 Å². The standard InChI is InChI=1S/C23H26N2O5/c1-12-17(15-7-9-16(10-8-15)23-25-24-14(3)29-23)5-4-6-18(12)22-13(2)20(27)21(28)19(11-26)30-22/h4-10,13,19-22,26-28H,11H2,1-3H3/t13-,19+,20+,21+,22-/m0/s1. The van der Waals surface area contributed by atoms with E-state index in [9.17, 15) is 15.3 Å². The number of benzene rings is 2. The highest BCUT2D eigenvalue weighted by Gasteiger charge is 2.42. The first-order chi connectivity index (χ1) is 14.4. The molecule has 3 aromatic rings. The fourth-order valence-corrected chi connectivity index (χ4v) is 4.09. The van der Waals surface area contributed by atoms with Crippen molar-refractivity contribution in [2.24, 2.45) is 5.92 Å². The summed E-state index contributed by atoms with van der Waals surface area (Å²) in [5, 5.41) is 38.0. The summed E-state index contributed by atoms with van der Waals surface area (Å²) in [6.07, 6.45) is -3.32. The van der Waals surface area contributed by atoms with Gasteiger partial charge in [0.2, 0.25) is 11.8 Å². The Kier molecular flexibility index (Phi) is 5.71. The number of ether oxygens (including phenoxy) is 1. The van der Waals surface area contributed by atoms with Crippen LogP contribution in [0.5, 0.6) is 0 Å². The molecule has 0 amide bonds. The second kappa shape index (κ2) is 8.28. The summed E-state index contributed by atoms with van der Waals surface area (Å²) in [5.74, 6) is 0.684. The highest BCUT2D eigenvalue weighted by molar-refractivity contribution is 5.71. The maximum absolute atomic E-state index is 10.4. The zero-order chi connectivity index (χ0) is 21.4. The lowest BCUT2D eigenvalue weighted by atomic mass is 9.82. The van der Waals surface area contributed by atoms with E-state index < -0.39 is 24.4 Å². The number of hydrogen-bond acceptors (Lipinski definition) is 7. The molecule has 0 aliphatic carbocycles. The van der Waals surface area contributed by atoms with Crippen molar-refractivity contribution < 1.29 is 24.5 Å². The summed E-state index contributed by atoms with van der Waals surface area (Å²) in [5.41, 5.74) is 4.87. The molecule has 2 aromatic carbocycles. The molecule has 1 aliphatic heterocycles. The summed E-state index contributed by atoms with van der Waals surface area (Å²) in [6, 6.07) is 13.8. The molecule has 4 rings (SSSR count). The van der Waals surface area contributed by atoms with Crippen LogP contribution in [0.15, 0.2) is 46.9 Å². The van der Waals surface area contributed by atoms with Gasteiger partial charge in [0.05, 0.1) is 18.8 Å². The maximum atomic E-state index is 10.4. The number of hydrogen-bond donors (Lipinski definition) is 3. The molecular formula is C23H26N2O5. The Hall–Kier alpha value is -2.58. The van der Waals surface area contributed by atoms with Crippen molar-refractivity contribution in [3.05, 3.63) is 59.5 Å². The van der Waals surface area contributed by atoms with E-state index >= 15 is 0 Å². The SMILES string of the molecule is Cc1nnc(-c2ccc(-c3cccc([C@H]4O[C@H](CO)[C@@H](O)[C@H](O)[C@@H]4C)c3C)cc2)o1. The van der Waals surface area contributed by atoms with Crippen molar-refractivity contribution in [1.82, 2.24) is 10.2 Å². The fraction of sp³-hybridized carbons (Fsp3) is 0.391. The number of rotatable bonds is 4. The molecule has 0 spiro atoms. The summed E-state index contributed by atoms with van der Waals surface area (Å²) in [4.78, 5) is 0. The lowest BCUT2D eigenvalue weighted by Crippen LogP contribution is -2.51. The smallest absolute Gasteiger partial charge is 0.247 e. The third-order valence-corrected chi connectivity index (χ3v) is 5.90. The Morgan fingerprint density at radius 1 is 0.933 bits per heavy atom. The van der Waals surface area contributed by atoms with E-state index in [-0.39, 0.29) is 12.5 Å². The number of aromatic nitrogens is 2. The first kappa shape index (κ1) is 20.7. The van der Waals surface area contributed by atoms with Crippen LogP contribution >= 0.6 is 0 Å². The molecule has 30 heavy (non-hydrogen) atoms. The minimum absolute atomic E-state index is 0.320. The molecule has 0 unspecified atom stereocenters. The fourth-order valence-electron chi connectivity index (χ4n) is 4.09. The molecule has 7 nitrogen and oxygen atoms in total. The van der Waals surface area contributed by atoms with Gasteiger partial charge in [0, 0.05) is 18.4 Å². The molecule has 1 fully saturated rings. The van der Waals surface area contributed by atoms with Crippen molar-refractivity contribution >= 4 is 0 Å². The summed E-state index contributed by atoms with van der Waals surface area (Å²) >= 11 is 0. The summed E-state index contributed by atoms with van der Waals surface area (Å²) in [7, 11) is 0. The van der Waals surface area contributed by atoms with E-state index in [1.54, 1.807) is 6.92 Å². The van der Waals surface area contributed by atoms with Gasteiger partial charge >= 0.3 is 0 Å². The molecule has 2 heterocycles. The molecule has 0 radical (unpaired) electrons. The van der Waals surface area contributed by atoms with E-state index in [0.29, 0.717) is 11.8 Å². The first-order valence-corrected chi connectivity index (χ1v) is 10.0. The van der Waals surface area contributed by atoms with Gasteiger partial charge in [-0.3, -0.25) is 0 Å². The van der Waals surface area contributed by atoms with Gasteiger partial charge in [0.25, 0.3) is 0 Å². The van der Waals surface area contributed by atoms with Crippen LogP contribution in [0.25, 0.3) is 22.6 Å². The van der Waals surface area contributed by atoms with Crippen molar-refractivity contribution in [1.29, 1.82) is 0 Å². The second-order valence-electron chi connectivity index (χ2n) is 7.84. The number of aryl methyl sites for hydroxylation is 1. The molecule has 158 valence electrons. The first-order valence-electron chi connectivity index (χ1n) is 10.0. The molecule has 1 saturated heterocycles. The van der Waals surface area contributed by atoms with E-state index in [2.05, 4.69) is 10.2 Å². The van der Waals surface area contributed by atoms with Gasteiger partial charge in [-0.1, -0.05) is 37.3 Å². The molecule has 0 saturated carbocycles. The van der Waals surface area contributed by atoms with Gasteiger partial charge in [-0.15, -0.1) is 10.2 Å². The Morgan fingerprint density at radius 2 is 1.63 bits per heavy atom. The number of aliphatic hydroxyl groups is 3. The van der Waals surface area contributed by atoms with Crippen LogP contribution < -0.4 is 0 Å². The quantitative estimate of drug-likeness (QED) is 0.607. The average molecular weight is 410 g/mol. The van der Waals surface area contributed by atoms with E-state index in [1.807, 2.05) is 56.3 Å². The normalized spacial score (nSPS) is 26.7. The zero-order valence-corrected chi connectivity index (χ0v) is 17.2. The second-order valence-corrected chi connectivity index (χ2v) is 7.84. The molecule has 1 aliphatic rings. The van der Waals surface area contributed by atoms with Crippen LogP contribution in [0.3, 0.4) is 0 Å². The minimum atomic E-state index is -1.11. The van der Waals surface area contributed by atoms with Crippen LogP contribution in [0.1, 0.15) is 30.0 Å². The molecule has 5 atom stereocenters. The average Bonchev–Trinajstić information content (AvgIpc) is 3.19. The topological polar surface area (TPSA) is 109 Å². The highest BCUT2D eigenvalue weighted by atomic mass is 16.5. The monoisotopic (exact) mass is 410 g/mol. The summed E-state index contributed by atoms with van der Waals surface area (Å²) in [6.45, 7) is 5.27. The lowest BCUT2D eigenvalue weighted by Gasteiger charge is -2.42. The Morgan fingerprint density at radius 3 is 2.27 bits per heavy atom. The zero-order valence-electron chi connectivity index (χ0n) is 17.2. The Labute approximate surface area is 175 Å². The van der Waals surface area contributed by atoms with E-state index in [0.717, 1.165) is 27.8 Å². The van der Waals surface area contributed by atoms with Crippen LogP contribution in [0, 0.1) is 19.8 Å². The molecule has 0 bridgehead atoms. The number of nitrogens with zero attached hydrogens (tertiary/aromatic N) is 2. The van der Waals surface area contributed by atoms with Gasteiger partial charge < -0.3 is 24.5 Å². The molecule has 3 N–H and O–H groups in total. The van der Waals surface area contributed by atoms with E-state index in [1.165, 1.54) is 0 Å². The third kappa shape index (κ3) is 3.65. The van der Waals surface area contributed by atoms with Crippen LogP contribution in [0.2, 0.25) is 0 Å².